The molecular formula is C62H51N. The zero-order chi connectivity index (χ0) is 42.7. The topological polar surface area (TPSA) is 26.0 Å². The van der Waals surface area contributed by atoms with Crippen LogP contribution in [0.25, 0.3) is 55.7 Å². The van der Waals surface area contributed by atoms with Gasteiger partial charge in [-0.1, -0.05) is 203 Å². The number of allylic oxidation sites excluding steroid dienone is 4. The Morgan fingerprint density at radius 2 is 0.921 bits per heavy atom. The van der Waals surface area contributed by atoms with Gasteiger partial charge >= 0.3 is 0 Å². The summed E-state index contributed by atoms with van der Waals surface area (Å²) in [5.41, 5.74) is 34.5. The first kappa shape index (κ1) is 37.9. The van der Waals surface area contributed by atoms with Crippen molar-refractivity contribution in [3.8, 4) is 44.5 Å². The number of fused-ring (bicyclic) bond motifs is 8. The monoisotopic (exact) mass is 809 g/mol. The SMILES string of the molecule is CC1(C)c2ccccc2-c2c(-c3cc4c(c(-c5cccc6c5-c5ccccc5C6(C)C)c3)CC3=C4C(c4cccc(C(N)(c5ccccc5)c5ccccc5)c4)=CCC3)cccc21. The van der Waals surface area contributed by atoms with Crippen LogP contribution in [0.1, 0.15) is 96.2 Å². The second kappa shape index (κ2) is 13.9. The summed E-state index contributed by atoms with van der Waals surface area (Å²) < 4.78 is 0. The summed E-state index contributed by atoms with van der Waals surface area (Å²) in [4.78, 5) is 0. The molecule has 1 nitrogen and oxygen atoms in total. The molecule has 0 aliphatic heterocycles. The van der Waals surface area contributed by atoms with Gasteiger partial charge in [0, 0.05) is 10.8 Å². The molecule has 4 aliphatic carbocycles. The quantitative estimate of drug-likeness (QED) is 0.166. The Bertz CT molecular complexity index is 3210. The molecule has 2 N–H and O–H groups in total. The number of rotatable bonds is 6. The highest BCUT2D eigenvalue weighted by molar-refractivity contribution is 6.12. The third-order valence-electron chi connectivity index (χ3n) is 15.2. The van der Waals surface area contributed by atoms with E-state index in [0.717, 1.165) is 36.0 Å². The van der Waals surface area contributed by atoms with Gasteiger partial charge in [-0.15, -0.1) is 0 Å². The summed E-state index contributed by atoms with van der Waals surface area (Å²) in [5, 5.41) is 0. The minimum absolute atomic E-state index is 0.0885. The normalized spacial score (nSPS) is 16.1. The lowest BCUT2D eigenvalue weighted by Crippen LogP contribution is -2.39. The van der Waals surface area contributed by atoms with Crippen molar-refractivity contribution < 1.29 is 0 Å². The molecule has 8 aromatic carbocycles. The molecule has 1 heteroatoms. The second-order valence-corrected chi connectivity index (χ2v) is 19.3. The van der Waals surface area contributed by atoms with Crippen LogP contribution in [0.15, 0.2) is 194 Å². The largest absolute Gasteiger partial charge is 0.314 e. The molecule has 0 atom stereocenters. The van der Waals surface area contributed by atoms with Crippen LogP contribution < -0.4 is 5.73 Å². The fourth-order valence-corrected chi connectivity index (χ4v) is 12.1. The van der Waals surface area contributed by atoms with Gasteiger partial charge in [-0.25, -0.2) is 0 Å². The van der Waals surface area contributed by atoms with Crippen LogP contribution in [-0.2, 0) is 22.8 Å². The third kappa shape index (κ3) is 5.46. The van der Waals surface area contributed by atoms with E-state index < -0.39 is 5.54 Å². The number of hydrogen-bond acceptors (Lipinski definition) is 1. The Morgan fingerprint density at radius 3 is 1.56 bits per heavy atom. The summed E-state index contributed by atoms with van der Waals surface area (Å²) in [7, 11) is 0. The fourth-order valence-electron chi connectivity index (χ4n) is 12.1. The minimum atomic E-state index is -0.825. The lowest BCUT2D eigenvalue weighted by Gasteiger charge is -2.32. The molecule has 0 aromatic heterocycles. The molecule has 0 unspecified atom stereocenters. The van der Waals surface area contributed by atoms with Crippen LogP contribution in [0, 0.1) is 0 Å². The standard InChI is InChI=1S/C62H51N/c1-60(2)53-31-13-11-26-48(53)58-46(29-17-33-55(58)60)41-37-50(47-30-18-34-56-59(47)49-27-12-14-32-54(49)61(56,3)4)51-36-40-20-16-28-45(57(40)52(51)38-41)39-19-15-25-44(35-39)62(63,42-21-7-5-8-22-42)43-23-9-6-10-24-43/h5-15,17-19,21-35,37-38H,16,20,36,63H2,1-4H3. The second-order valence-electron chi connectivity index (χ2n) is 19.3. The molecule has 0 amide bonds. The van der Waals surface area contributed by atoms with Crippen LogP contribution in [0.5, 0.6) is 0 Å². The van der Waals surface area contributed by atoms with Crippen molar-refractivity contribution in [2.45, 2.75) is 63.3 Å². The highest BCUT2D eigenvalue weighted by Gasteiger charge is 2.40. The zero-order valence-electron chi connectivity index (χ0n) is 36.6. The van der Waals surface area contributed by atoms with Gasteiger partial charge < -0.3 is 5.73 Å². The lowest BCUT2D eigenvalue weighted by molar-refractivity contribution is 0.652. The third-order valence-corrected chi connectivity index (χ3v) is 15.2. The van der Waals surface area contributed by atoms with Crippen LogP contribution >= 0.6 is 0 Å². The number of nitrogens with two attached hydrogens (primary N) is 1. The first-order chi connectivity index (χ1) is 30.7. The van der Waals surface area contributed by atoms with E-state index in [-0.39, 0.29) is 10.8 Å². The van der Waals surface area contributed by atoms with Crippen molar-refractivity contribution in [3.63, 3.8) is 0 Å². The molecule has 0 spiro atoms. The summed E-state index contributed by atoms with van der Waals surface area (Å²) in [6, 6.07) is 67.6. The maximum absolute atomic E-state index is 7.68. The Kier molecular flexibility index (Phi) is 8.34. The van der Waals surface area contributed by atoms with E-state index in [1.54, 1.807) is 0 Å². The molecule has 0 fully saturated rings. The zero-order valence-corrected chi connectivity index (χ0v) is 36.6. The van der Waals surface area contributed by atoms with Gasteiger partial charge in [-0.3, -0.25) is 0 Å². The van der Waals surface area contributed by atoms with Gasteiger partial charge in [0.15, 0.2) is 0 Å². The maximum Gasteiger partial charge on any atom is 0.0923 e. The molecule has 0 radical (unpaired) electrons. The van der Waals surface area contributed by atoms with E-state index in [1.165, 1.54) is 100 Å². The lowest BCUT2D eigenvalue weighted by atomic mass is 9.76. The van der Waals surface area contributed by atoms with Gasteiger partial charge in [0.25, 0.3) is 0 Å². The van der Waals surface area contributed by atoms with Gasteiger partial charge in [0.1, 0.15) is 0 Å². The van der Waals surface area contributed by atoms with Crippen molar-refractivity contribution in [3.05, 3.63) is 249 Å². The van der Waals surface area contributed by atoms with Crippen LogP contribution in [0.3, 0.4) is 0 Å². The van der Waals surface area contributed by atoms with Crippen molar-refractivity contribution in [1.82, 2.24) is 0 Å². The van der Waals surface area contributed by atoms with Crippen LogP contribution in [-0.4, -0.2) is 0 Å². The van der Waals surface area contributed by atoms with Crippen LogP contribution in [0.4, 0.5) is 0 Å². The van der Waals surface area contributed by atoms with E-state index in [2.05, 4.69) is 216 Å². The van der Waals surface area contributed by atoms with Crippen molar-refractivity contribution in [2.24, 2.45) is 5.73 Å². The van der Waals surface area contributed by atoms with E-state index in [4.69, 9.17) is 5.73 Å². The average Bonchev–Trinajstić information content (AvgIpc) is 3.91. The van der Waals surface area contributed by atoms with Crippen LogP contribution in [0.2, 0.25) is 0 Å². The van der Waals surface area contributed by atoms with Gasteiger partial charge in [-0.2, -0.15) is 0 Å². The van der Waals surface area contributed by atoms with Crippen molar-refractivity contribution in [1.29, 1.82) is 0 Å². The molecule has 0 saturated heterocycles. The first-order valence-electron chi connectivity index (χ1n) is 22.7. The molecule has 304 valence electrons. The molecule has 12 rings (SSSR count). The van der Waals surface area contributed by atoms with E-state index >= 15 is 0 Å². The van der Waals surface area contributed by atoms with Gasteiger partial charge in [0.05, 0.1) is 5.54 Å². The van der Waals surface area contributed by atoms with Gasteiger partial charge in [0.2, 0.25) is 0 Å². The highest BCUT2D eigenvalue weighted by atomic mass is 14.7. The summed E-state index contributed by atoms with van der Waals surface area (Å²) in [6.07, 6.45) is 5.52. The molecule has 4 aliphatic rings. The maximum atomic E-state index is 7.68. The summed E-state index contributed by atoms with van der Waals surface area (Å²) in [6.45, 7) is 9.56. The predicted molar refractivity (Wildman–Crippen MR) is 264 cm³/mol. The highest BCUT2D eigenvalue weighted by Crippen LogP contribution is 2.57. The van der Waals surface area contributed by atoms with Gasteiger partial charge in [-0.05, 0) is 149 Å². The van der Waals surface area contributed by atoms with E-state index in [9.17, 15) is 0 Å². The van der Waals surface area contributed by atoms with Crippen molar-refractivity contribution >= 4 is 11.1 Å². The molecule has 0 heterocycles. The smallest absolute Gasteiger partial charge is 0.0923 e. The van der Waals surface area contributed by atoms with E-state index in [1.807, 2.05) is 0 Å². The summed E-state index contributed by atoms with van der Waals surface area (Å²) >= 11 is 0. The molecule has 0 bridgehead atoms. The molecule has 63 heavy (non-hydrogen) atoms. The minimum Gasteiger partial charge on any atom is -0.314 e. The molecule has 0 saturated carbocycles. The fraction of sp³-hybridized carbons (Fsp3) is 0.161. The molecular weight excluding hydrogens is 759 g/mol. The van der Waals surface area contributed by atoms with Crippen molar-refractivity contribution in [2.75, 3.05) is 0 Å². The Morgan fingerprint density at radius 1 is 0.429 bits per heavy atom. The predicted octanol–water partition coefficient (Wildman–Crippen LogP) is 15.1. The molecule has 8 aromatic rings. The Balaban J connectivity index is 1.09. The number of hydrogen-bond donors (Lipinski definition) is 1. The Labute approximate surface area is 372 Å². The average molecular weight is 810 g/mol. The van der Waals surface area contributed by atoms with E-state index in [0.29, 0.717) is 0 Å². The number of benzene rings is 8. The summed E-state index contributed by atoms with van der Waals surface area (Å²) in [5.74, 6) is 0. The Hall–Kier alpha value is -6.80. The first-order valence-corrected chi connectivity index (χ1v) is 22.7.